The maximum absolute atomic E-state index is 12.0. The van der Waals surface area contributed by atoms with Gasteiger partial charge in [-0.25, -0.2) is 4.79 Å². The van der Waals surface area contributed by atoms with Crippen molar-refractivity contribution >= 4 is 40.1 Å². The van der Waals surface area contributed by atoms with Crippen molar-refractivity contribution in [3.05, 3.63) is 58.7 Å². The number of nitrogens with one attached hydrogen (secondary N) is 2. The molecule has 0 bridgehead atoms. The molecule has 0 fully saturated rings. The number of aromatic nitrogens is 2. The summed E-state index contributed by atoms with van der Waals surface area (Å²) in [5, 5.41) is 11.3. The SMILES string of the molecule is Cc1cc(NC(=O)NCCCn2nc3ccccc3c2C(N)=O)ccc1Cl. The van der Waals surface area contributed by atoms with Gasteiger partial charge in [-0.05, 0) is 43.2 Å². The molecule has 0 unspecified atom stereocenters. The Kier molecular flexibility index (Phi) is 5.61. The molecular weight excluding hydrogens is 366 g/mol. The molecule has 3 aromatic rings. The van der Waals surface area contributed by atoms with Gasteiger partial charge in [-0.3, -0.25) is 9.48 Å². The molecule has 3 amide bonds. The topological polar surface area (TPSA) is 102 Å². The van der Waals surface area contributed by atoms with Gasteiger partial charge in [0.1, 0.15) is 5.69 Å². The van der Waals surface area contributed by atoms with Crippen LogP contribution in [0.2, 0.25) is 5.02 Å². The molecule has 1 heterocycles. The number of rotatable bonds is 6. The minimum absolute atomic E-state index is 0.308. The third-order valence-corrected chi connectivity index (χ3v) is 4.55. The molecule has 0 spiro atoms. The summed E-state index contributed by atoms with van der Waals surface area (Å²) in [5.74, 6) is -0.521. The largest absolute Gasteiger partial charge is 0.364 e. The lowest BCUT2D eigenvalue weighted by molar-refractivity contribution is 0.0991. The number of fused-ring (bicyclic) bond motifs is 1. The first-order valence-electron chi connectivity index (χ1n) is 8.52. The first-order chi connectivity index (χ1) is 13.0. The summed E-state index contributed by atoms with van der Waals surface area (Å²) in [6.07, 6.45) is 0.599. The third kappa shape index (κ3) is 4.38. The predicted octanol–water partition coefficient (Wildman–Crippen LogP) is 3.31. The van der Waals surface area contributed by atoms with Crippen LogP contribution in [-0.4, -0.2) is 28.3 Å². The summed E-state index contributed by atoms with van der Waals surface area (Å²) < 4.78 is 1.59. The maximum Gasteiger partial charge on any atom is 0.319 e. The number of hydrogen-bond donors (Lipinski definition) is 3. The van der Waals surface area contributed by atoms with E-state index >= 15 is 0 Å². The summed E-state index contributed by atoms with van der Waals surface area (Å²) in [5.41, 5.74) is 8.15. The Hall–Kier alpha value is -3.06. The van der Waals surface area contributed by atoms with Crippen molar-refractivity contribution in [3.63, 3.8) is 0 Å². The van der Waals surface area contributed by atoms with Crippen LogP contribution in [0.3, 0.4) is 0 Å². The van der Waals surface area contributed by atoms with Gasteiger partial charge >= 0.3 is 6.03 Å². The van der Waals surface area contributed by atoms with Crippen molar-refractivity contribution < 1.29 is 9.59 Å². The van der Waals surface area contributed by atoms with E-state index in [0.29, 0.717) is 35.9 Å². The summed E-state index contributed by atoms with van der Waals surface area (Å²) in [6, 6.07) is 12.3. The highest BCUT2D eigenvalue weighted by Gasteiger charge is 2.15. The van der Waals surface area contributed by atoms with Crippen LogP contribution in [0, 0.1) is 6.92 Å². The Morgan fingerprint density at radius 2 is 2.00 bits per heavy atom. The Labute approximate surface area is 161 Å². The number of nitrogens with two attached hydrogens (primary N) is 1. The lowest BCUT2D eigenvalue weighted by Gasteiger charge is -2.09. The molecule has 0 atom stereocenters. The molecule has 7 nitrogen and oxygen atoms in total. The summed E-state index contributed by atoms with van der Waals surface area (Å²) in [6.45, 7) is 2.76. The fourth-order valence-corrected chi connectivity index (χ4v) is 2.95. The average Bonchev–Trinajstić information content (AvgIpc) is 3.00. The van der Waals surface area contributed by atoms with Crippen molar-refractivity contribution in [2.75, 3.05) is 11.9 Å². The zero-order valence-corrected chi connectivity index (χ0v) is 15.6. The Bertz CT molecular complexity index is 999. The fraction of sp³-hybridized carbons (Fsp3) is 0.211. The fourth-order valence-electron chi connectivity index (χ4n) is 2.83. The molecule has 0 saturated carbocycles. The van der Waals surface area contributed by atoms with E-state index in [-0.39, 0.29) is 6.03 Å². The molecule has 8 heteroatoms. The number of aryl methyl sites for hydroxylation is 2. The second kappa shape index (κ2) is 8.09. The Morgan fingerprint density at radius 1 is 1.22 bits per heavy atom. The molecule has 1 aromatic heterocycles. The van der Waals surface area contributed by atoms with Crippen LogP contribution in [0.15, 0.2) is 42.5 Å². The molecule has 0 radical (unpaired) electrons. The Morgan fingerprint density at radius 3 is 2.74 bits per heavy atom. The van der Waals surface area contributed by atoms with Crippen LogP contribution in [0.1, 0.15) is 22.5 Å². The molecule has 27 heavy (non-hydrogen) atoms. The maximum atomic E-state index is 12.0. The van der Waals surface area contributed by atoms with Gasteiger partial charge in [-0.15, -0.1) is 0 Å². The number of nitrogens with zero attached hydrogens (tertiary/aromatic N) is 2. The van der Waals surface area contributed by atoms with Crippen molar-refractivity contribution in [1.29, 1.82) is 0 Å². The molecule has 140 valence electrons. The van der Waals surface area contributed by atoms with Crippen LogP contribution >= 0.6 is 11.6 Å². The van der Waals surface area contributed by atoms with Crippen LogP contribution < -0.4 is 16.4 Å². The highest BCUT2D eigenvalue weighted by molar-refractivity contribution is 6.31. The average molecular weight is 386 g/mol. The lowest BCUT2D eigenvalue weighted by Crippen LogP contribution is -2.30. The molecule has 0 aliphatic rings. The number of amides is 3. The van der Waals surface area contributed by atoms with E-state index in [1.54, 1.807) is 22.9 Å². The monoisotopic (exact) mass is 385 g/mol. The van der Waals surface area contributed by atoms with Gasteiger partial charge in [0.05, 0.1) is 5.52 Å². The smallest absolute Gasteiger partial charge is 0.319 e. The number of halogens is 1. The second-order valence-corrected chi connectivity index (χ2v) is 6.56. The van der Waals surface area contributed by atoms with Gasteiger partial charge in [-0.1, -0.05) is 29.8 Å². The molecule has 3 rings (SSSR count). The minimum atomic E-state index is -0.521. The highest BCUT2D eigenvalue weighted by Crippen LogP contribution is 2.19. The summed E-state index contributed by atoms with van der Waals surface area (Å²) in [7, 11) is 0. The van der Waals surface area contributed by atoms with Crippen molar-refractivity contribution in [3.8, 4) is 0 Å². The zero-order valence-electron chi connectivity index (χ0n) is 14.8. The number of primary amides is 1. The molecular formula is C19H20ClN5O2. The molecule has 0 saturated heterocycles. The van der Waals surface area contributed by atoms with Crippen LogP contribution in [0.4, 0.5) is 10.5 Å². The minimum Gasteiger partial charge on any atom is -0.364 e. The van der Waals surface area contributed by atoms with Crippen LogP contribution in [-0.2, 0) is 6.54 Å². The number of benzene rings is 2. The number of urea groups is 1. The standard InChI is InChI=1S/C19H20ClN5O2/c1-12-11-13(7-8-15(12)20)23-19(27)22-9-4-10-25-17(18(21)26)14-5-2-3-6-16(14)24-25/h2-3,5-8,11H,4,9-10H2,1H3,(H2,21,26)(H2,22,23,27). The first kappa shape index (κ1) is 18.7. The van der Waals surface area contributed by atoms with Crippen LogP contribution in [0.5, 0.6) is 0 Å². The van der Waals surface area contributed by atoms with E-state index in [0.717, 1.165) is 16.5 Å². The first-order valence-corrected chi connectivity index (χ1v) is 8.90. The van der Waals surface area contributed by atoms with E-state index in [2.05, 4.69) is 15.7 Å². The van der Waals surface area contributed by atoms with Gasteiger partial charge in [0, 0.05) is 29.2 Å². The summed E-state index contributed by atoms with van der Waals surface area (Å²) in [4.78, 5) is 23.7. The van der Waals surface area contributed by atoms with Gasteiger partial charge < -0.3 is 16.4 Å². The number of carbonyl (C=O) groups excluding carboxylic acids is 2. The number of carbonyl (C=O) groups is 2. The highest BCUT2D eigenvalue weighted by atomic mass is 35.5. The van der Waals surface area contributed by atoms with Crippen molar-refractivity contribution in [1.82, 2.24) is 15.1 Å². The molecule has 2 aromatic carbocycles. The predicted molar refractivity (Wildman–Crippen MR) is 106 cm³/mol. The van der Waals surface area contributed by atoms with Crippen molar-refractivity contribution in [2.45, 2.75) is 19.9 Å². The van der Waals surface area contributed by atoms with E-state index in [1.165, 1.54) is 0 Å². The van der Waals surface area contributed by atoms with Gasteiger partial charge in [0.15, 0.2) is 0 Å². The third-order valence-electron chi connectivity index (χ3n) is 4.13. The van der Waals surface area contributed by atoms with Crippen LogP contribution in [0.25, 0.3) is 10.9 Å². The van der Waals surface area contributed by atoms with Crippen molar-refractivity contribution in [2.24, 2.45) is 5.73 Å². The summed E-state index contributed by atoms with van der Waals surface area (Å²) >= 11 is 5.97. The normalized spacial score (nSPS) is 10.7. The second-order valence-electron chi connectivity index (χ2n) is 6.15. The van der Waals surface area contributed by atoms with E-state index in [9.17, 15) is 9.59 Å². The number of anilines is 1. The van der Waals surface area contributed by atoms with Gasteiger partial charge in [-0.2, -0.15) is 5.10 Å². The van der Waals surface area contributed by atoms with E-state index < -0.39 is 5.91 Å². The molecule has 0 aliphatic carbocycles. The molecule has 0 aliphatic heterocycles. The quantitative estimate of drug-likeness (QED) is 0.567. The van der Waals surface area contributed by atoms with Gasteiger partial charge in [0.2, 0.25) is 0 Å². The Balaban J connectivity index is 1.55. The van der Waals surface area contributed by atoms with E-state index in [4.69, 9.17) is 17.3 Å². The van der Waals surface area contributed by atoms with Gasteiger partial charge in [0.25, 0.3) is 5.91 Å². The zero-order chi connectivity index (χ0) is 19.4. The van der Waals surface area contributed by atoms with E-state index in [1.807, 2.05) is 31.2 Å². The lowest BCUT2D eigenvalue weighted by atomic mass is 10.2. The number of hydrogen-bond acceptors (Lipinski definition) is 3. The molecule has 4 N–H and O–H groups in total.